The molecule has 7 heteroatoms. The van der Waals surface area contributed by atoms with Crippen molar-refractivity contribution >= 4 is 127 Å². The molecule has 0 spiro atoms. The Bertz CT molecular complexity index is 3900. The molecule has 10 aromatic carbocycles. The number of anilines is 6. The van der Waals surface area contributed by atoms with Crippen LogP contribution >= 0.6 is 0 Å². The zero-order valence-electron chi connectivity index (χ0n) is 34.5. The molecular weight excluding hydrogens is 801 g/mol. The molecule has 65 heavy (non-hydrogen) atoms. The molecule has 0 amide bonds. The first kappa shape index (κ1) is 36.4. The Morgan fingerprint density at radius 1 is 0.385 bits per heavy atom. The molecule has 13 rings (SSSR count). The normalized spacial score (nSPS) is 11.7. The van der Waals surface area contributed by atoms with Crippen LogP contribution in [-0.4, -0.2) is 0 Å². The second kappa shape index (κ2) is 14.1. The van der Waals surface area contributed by atoms with Crippen LogP contribution in [0, 0.1) is 17.9 Å². The fraction of sp³-hybridized carbons (Fsp3) is 0. The average Bonchev–Trinajstić information content (AvgIpc) is 4.05. The van der Waals surface area contributed by atoms with Gasteiger partial charge in [-0.2, -0.15) is 5.26 Å². The predicted octanol–water partition coefficient (Wildman–Crippen LogP) is 17.1. The number of para-hydroxylation sites is 4. The fourth-order valence-corrected chi connectivity index (χ4v) is 9.55. The topological polar surface area (TPSA) is 74.1 Å². The van der Waals surface area contributed by atoms with Gasteiger partial charge in [0, 0.05) is 55.1 Å². The van der Waals surface area contributed by atoms with E-state index < -0.39 is 0 Å². The molecule has 0 aliphatic heterocycles. The van der Waals surface area contributed by atoms with Gasteiger partial charge in [0.2, 0.25) is 0 Å². The molecule has 0 fully saturated rings. The lowest BCUT2D eigenvalue weighted by Crippen LogP contribution is -2.10. The van der Waals surface area contributed by atoms with Gasteiger partial charge < -0.3 is 23.1 Å². The van der Waals surface area contributed by atoms with E-state index in [1.807, 2.05) is 84.9 Å². The van der Waals surface area contributed by atoms with Crippen molar-refractivity contribution in [1.29, 1.82) is 5.26 Å². The SMILES string of the molecule is [C-]#[N+]c1ccc(N(c2ccc3cc4oc5cc6ccc(N(c7ccc(C#N)cc7)c7cccc8c7oc7ccccc78)cc6cc5c4cc3c2)c2cccc3c2oc2ccccc23)cc1. The van der Waals surface area contributed by atoms with E-state index in [9.17, 15) is 5.26 Å². The van der Waals surface area contributed by atoms with E-state index in [0.29, 0.717) is 11.3 Å². The molecule has 0 aliphatic carbocycles. The molecule has 3 heterocycles. The van der Waals surface area contributed by atoms with Crippen molar-refractivity contribution in [2.45, 2.75) is 0 Å². The van der Waals surface area contributed by atoms with Crippen LogP contribution < -0.4 is 9.80 Å². The van der Waals surface area contributed by atoms with E-state index in [1.165, 1.54) is 0 Å². The highest BCUT2D eigenvalue weighted by Gasteiger charge is 2.22. The van der Waals surface area contributed by atoms with E-state index in [2.05, 4.69) is 130 Å². The first-order valence-corrected chi connectivity index (χ1v) is 21.3. The Morgan fingerprint density at radius 3 is 1.34 bits per heavy atom. The third-order valence-corrected chi connectivity index (χ3v) is 12.6. The fourth-order valence-electron chi connectivity index (χ4n) is 9.55. The number of fused-ring (bicyclic) bond motifs is 11. The van der Waals surface area contributed by atoms with Crippen molar-refractivity contribution in [1.82, 2.24) is 0 Å². The largest absolute Gasteiger partial charge is 0.456 e. The van der Waals surface area contributed by atoms with Gasteiger partial charge in [-0.3, -0.25) is 0 Å². The summed E-state index contributed by atoms with van der Waals surface area (Å²) >= 11 is 0. The van der Waals surface area contributed by atoms with E-state index in [1.54, 1.807) is 0 Å². The molecule has 0 radical (unpaired) electrons. The Morgan fingerprint density at radius 2 is 0.846 bits per heavy atom. The van der Waals surface area contributed by atoms with Crippen LogP contribution in [-0.2, 0) is 0 Å². The molecular formula is C58H32N4O3. The lowest BCUT2D eigenvalue weighted by molar-refractivity contribution is 0.668. The van der Waals surface area contributed by atoms with Gasteiger partial charge in [0.25, 0.3) is 0 Å². The van der Waals surface area contributed by atoms with Gasteiger partial charge in [0.15, 0.2) is 16.9 Å². The standard InChI is InChI=1S/C58H32N4O3/c1-60-40-20-26-42(27-21-40)62(52-13-7-11-48-46-9-3-5-15-54(46)65-58(48)52)44-25-19-37-33-56-50(31-39(37)29-44)49-30-38-28-43(24-18-36(38)32-55(49)63-56)61(41-22-16-35(34-59)17-23-41)51-12-6-10-47-45-8-2-4-14-53(45)64-57(47)51/h2-33H. The van der Waals surface area contributed by atoms with Crippen LogP contribution in [0.5, 0.6) is 0 Å². The Labute approximate surface area is 371 Å². The second-order valence-corrected chi connectivity index (χ2v) is 16.3. The quantitative estimate of drug-likeness (QED) is 0.155. The van der Waals surface area contributed by atoms with Crippen molar-refractivity contribution in [3.63, 3.8) is 0 Å². The van der Waals surface area contributed by atoms with Crippen LogP contribution in [0.15, 0.2) is 207 Å². The summed E-state index contributed by atoms with van der Waals surface area (Å²) in [7, 11) is 0. The number of rotatable bonds is 6. The van der Waals surface area contributed by atoms with Crippen molar-refractivity contribution in [3.05, 3.63) is 211 Å². The van der Waals surface area contributed by atoms with Crippen LogP contribution in [0.25, 0.3) is 92.2 Å². The zero-order chi connectivity index (χ0) is 43.2. The third-order valence-electron chi connectivity index (χ3n) is 12.6. The van der Waals surface area contributed by atoms with Gasteiger partial charge >= 0.3 is 0 Å². The van der Waals surface area contributed by atoms with Gasteiger partial charge in [-0.15, -0.1) is 0 Å². The molecule has 0 bridgehead atoms. The van der Waals surface area contributed by atoms with E-state index in [-0.39, 0.29) is 0 Å². The minimum Gasteiger partial charge on any atom is -0.456 e. The summed E-state index contributed by atoms with van der Waals surface area (Å²) in [4.78, 5) is 8.06. The van der Waals surface area contributed by atoms with Crippen molar-refractivity contribution < 1.29 is 13.3 Å². The molecule has 302 valence electrons. The maximum atomic E-state index is 9.65. The summed E-state index contributed by atoms with van der Waals surface area (Å²) in [5.74, 6) is 0. The van der Waals surface area contributed by atoms with E-state index in [4.69, 9.17) is 19.8 Å². The number of hydrogen-bond acceptors (Lipinski definition) is 6. The molecule has 0 aliphatic rings. The van der Waals surface area contributed by atoms with Gasteiger partial charge in [0.1, 0.15) is 22.3 Å². The van der Waals surface area contributed by atoms with Gasteiger partial charge in [0.05, 0.1) is 29.6 Å². The van der Waals surface area contributed by atoms with Crippen LogP contribution in [0.4, 0.5) is 39.8 Å². The monoisotopic (exact) mass is 832 g/mol. The summed E-state index contributed by atoms with van der Waals surface area (Å²) < 4.78 is 19.7. The molecule has 0 unspecified atom stereocenters. The van der Waals surface area contributed by atoms with Gasteiger partial charge in [-0.05, 0) is 131 Å². The van der Waals surface area contributed by atoms with Crippen LogP contribution in [0.2, 0.25) is 0 Å². The highest BCUT2D eigenvalue weighted by atomic mass is 16.3. The number of furan rings is 3. The smallest absolute Gasteiger partial charge is 0.187 e. The lowest BCUT2D eigenvalue weighted by Gasteiger charge is -2.26. The highest BCUT2D eigenvalue weighted by Crippen LogP contribution is 2.46. The number of benzene rings is 10. The first-order chi connectivity index (χ1) is 32.1. The summed E-state index contributed by atoms with van der Waals surface area (Å²) in [5.41, 5.74) is 11.5. The minimum atomic E-state index is 0.577. The number of hydrogen-bond donors (Lipinski definition) is 0. The van der Waals surface area contributed by atoms with Crippen molar-refractivity contribution in [2.75, 3.05) is 9.80 Å². The average molecular weight is 833 g/mol. The van der Waals surface area contributed by atoms with Gasteiger partial charge in [-0.25, -0.2) is 4.85 Å². The van der Waals surface area contributed by atoms with E-state index >= 15 is 0 Å². The molecule has 0 N–H and O–H groups in total. The summed E-state index contributed by atoms with van der Waals surface area (Å²) in [6, 6.07) is 68.0. The Kier molecular flexibility index (Phi) is 7.90. The van der Waals surface area contributed by atoms with E-state index in [0.717, 1.165) is 121 Å². The maximum Gasteiger partial charge on any atom is 0.187 e. The Hall–Kier alpha value is -9.30. The number of nitriles is 1. The third kappa shape index (κ3) is 5.74. The number of nitrogens with zero attached hydrogens (tertiary/aromatic N) is 4. The molecule has 0 saturated heterocycles. The molecule has 3 aromatic heterocycles. The van der Waals surface area contributed by atoms with Crippen LogP contribution in [0.1, 0.15) is 5.56 Å². The predicted molar refractivity (Wildman–Crippen MR) is 264 cm³/mol. The van der Waals surface area contributed by atoms with Crippen LogP contribution in [0.3, 0.4) is 0 Å². The maximum absolute atomic E-state index is 9.65. The molecule has 0 saturated carbocycles. The first-order valence-electron chi connectivity index (χ1n) is 21.3. The molecule has 13 aromatic rings. The minimum absolute atomic E-state index is 0.577. The van der Waals surface area contributed by atoms with Crippen molar-refractivity contribution in [2.24, 2.45) is 0 Å². The summed E-state index contributed by atoms with van der Waals surface area (Å²) in [6.07, 6.45) is 0. The lowest BCUT2D eigenvalue weighted by atomic mass is 10.0. The molecule has 0 atom stereocenters. The zero-order valence-corrected chi connectivity index (χ0v) is 34.5. The molecule has 7 nitrogen and oxygen atoms in total. The van der Waals surface area contributed by atoms with Gasteiger partial charge in [-0.1, -0.05) is 84.9 Å². The summed E-state index contributed by atoms with van der Waals surface area (Å²) in [5, 5.41) is 20.1. The van der Waals surface area contributed by atoms with Crippen molar-refractivity contribution in [3.8, 4) is 6.07 Å². The highest BCUT2D eigenvalue weighted by molar-refractivity contribution is 6.15. The second-order valence-electron chi connectivity index (χ2n) is 16.3. The summed E-state index contributed by atoms with van der Waals surface area (Å²) in [6.45, 7) is 7.60. The Balaban J connectivity index is 0.969.